The van der Waals surface area contributed by atoms with Crippen LogP contribution in [0.4, 0.5) is 0 Å². The van der Waals surface area contributed by atoms with E-state index < -0.39 is 0 Å². The lowest BCUT2D eigenvalue weighted by Crippen LogP contribution is -2.10. The second-order valence-corrected chi connectivity index (χ2v) is 6.08. The molecule has 0 bridgehead atoms. The highest BCUT2D eigenvalue weighted by Crippen LogP contribution is 2.38. The Labute approximate surface area is 112 Å². The Hall–Kier alpha value is -1.28. The fourth-order valence-electron chi connectivity index (χ4n) is 3.00. The van der Waals surface area contributed by atoms with E-state index in [0.29, 0.717) is 11.7 Å². The van der Waals surface area contributed by atoms with Gasteiger partial charge in [0, 0.05) is 4.88 Å². The van der Waals surface area contributed by atoms with Gasteiger partial charge in [0.2, 0.25) is 0 Å². The first kappa shape index (κ1) is 11.8. The van der Waals surface area contributed by atoms with Gasteiger partial charge < -0.3 is 5.11 Å². The molecule has 0 spiro atoms. The van der Waals surface area contributed by atoms with E-state index in [1.54, 1.807) is 0 Å². The standard InChI is InChI=1S/C16H18OS/c17-16-8-2-6-14-12(4-1-7-15(14)16)9-10-13-5-3-11-18-13/h2-3,5-6,8,11-12,17H,1,4,7,9-10H2. The molecule has 0 saturated carbocycles. The van der Waals surface area contributed by atoms with Crippen LogP contribution >= 0.6 is 11.3 Å². The summed E-state index contributed by atoms with van der Waals surface area (Å²) in [6, 6.07) is 10.4. The summed E-state index contributed by atoms with van der Waals surface area (Å²) in [5, 5.41) is 12.1. The van der Waals surface area contributed by atoms with Crippen LogP contribution in [0.5, 0.6) is 5.75 Å². The van der Waals surface area contributed by atoms with Gasteiger partial charge in [-0.1, -0.05) is 18.2 Å². The van der Waals surface area contributed by atoms with Gasteiger partial charge in [-0.15, -0.1) is 11.3 Å². The SMILES string of the molecule is Oc1cccc2c1CCCC2CCc1cccs1. The third-order valence-electron chi connectivity index (χ3n) is 3.93. The van der Waals surface area contributed by atoms with Crippen LogP contribution in [0.1, 0.15) is 41.2 Å². The first-order valence-electron chi connectivity index (χ1n) is 6.68. The molecule has 94 valence electrons. The van der Waals surface area contributed by atoms with Gasteiger partial charge >= 0.3 is 0 Å². The van der Waals surface area contributed by atoms with Crippen LogP contribution in [0.15, 0.2) is 35.7 Å². The van der Waals surface area contributed by atoms with Crippen molar-refractivity contribution in [2.24, 2.45) is 0 Å². The average molecular weight is 258 g/mol. The van der Waals surface area contributed by atoms with Crippen molar-refractivity contribution in [2.75, 3.05) is 0 Å². The molecule has 1 heterocycles. The predicted octanol–water partition coefficient (Wildman–Crippen LogP) is 4.51. The summed E-state index contributed by atoms with van der Waals surface area (Å²) in [4.78, 5) is 1.47. The van der Waals surface area contributed by atoms with Gasteiger partial charge in [0.1, 0.15) is 5.75 Å². The lowest BCUT2D eigenvalue weighted by atomic mass is 9.80. The van der Waals surface area contributed by atoms with E-state index in [1.165, 1.54) is 35.3 Å². The first-order chi connectivity index (χ1) is 8.84. The van der Waals surface area contributed by atoms with Gasteiger partial charge in [-0.3, -0.25) is 0 Å². The monoisotopic (exact) mass is 258 g/mol. The molecule has 1 nitrogen and oxygen atoms in total. The molecule has 1 aromatic carbocycles. The van der Waals surface area contributed by atoms with Crippen molar-refractivity contribution in [3.05, 3.63) is 51.7 Å². The van der Waals surface area contributed by atoms with E-state index in [4.69, 9.17) is 0 Å². The number of aryl methyl sites for hydroxylation is 1. The Kier molecular flexibility index (Phi) is 3.37. The smallest absolute Gasteiger partial charge is 0.119 e. The molecule has 3 rings (SSSR count). The third-order valence-corrected chi connectivity index (χ3v) is 4.86. The first-order valence-corrected chi connectivity index (χ1v) is 7.55. The molecule has 0 amide bonds. The summed E-state index contributed by atoms with van der Waals surface area (Å²) in [6.07, 6.45) is 5.88. The Morgan fingerprint density at radius 3 is 3.00 bits per heavy atom. The summed E-state index contributed by atoms with van der Waals surface area (Å²) >= 11 is 1.85. The number of phenols is 1. The fourth-order valence-corrected chi connectivity index (χ4v) is 3.72. The molecular formula is C16H18OS. The maximum absolute atomic E-state index is 9.93. The maximum Gasteiger partial charge on any atom is 0.119 e. The highest BCUT2D eigenvalue weighted by molar-refractivity contribution is 7.09. The molecule has 0 aliphatic heterocycles. The molecule has 1 aliphatic rings. The van der Waals surface area contributed by atoms with Crippen LogP contribution in [0, 0.1) is 0 Å². The lowest BCUT2D eigenvalue weighted by molar-refractivity contribution is 0.449. The summed E-state index contributed by atoms with van der Waals surface area (Å²) in [7, 11) is 0. The van der Waals surface area contributed by atoms with Gasteiger partial charge in [-0.25, -0.2) is 0 Å². The summed E-state index contributed by atoms with van der Waals surface area (Å²) in [5.74, 6) is 1.12. The molecule has 1 aromatic heterocycles. The zero-order valence-electron chi connectivity index (χ0n) is 10.4. The van der Waals surface area contributed by atoms with Crippen LogP contribution in [-0.2, 0) is 12.8 Å². The van der Waals surface area contributed by atoms with E-state index in [1.807, 2.05) is 23.5 Å². The largest absolute Gasteiger partial charge is 0.508 e. The van der Waals surface area contributed by atoms with Crippen molar-refractivity contribution in [1.82, 2.24) is 0 Å². The zero-order valence-corrected chi connectivity index (χ0v) is 11.2. The predicted molar refractivity (Wildman–Crippen MR) is 76.4 cm³/mol. The van der Waals surface area contributed by atoms with Crippen molar-refractivity contribution in [3.8, 4) is 5.75 Å². The zero-order chi connectivity index (χ0) is 12.4. The molecular weight excluding hydrogens is 240 g/mol. The van der Waals surface area contributed by atoms with Gasteiger partial charge in [0.25, 0.3) is 0 Å². The van der Waals surface area contributed by atoms with E-state index >= 15 is 0 Å². The topological polar surface area (TPSA) is 20.2 Å². The normalized spacial score (nSPS) is 18.6. The summed E-state index contributed by atoms with van der Waals surface area (Å²) in [6.45, 7) is 0. The van der Waals surface area contributed by atoms with Crippen LogP contribution in [0.2, 0.25) is 0 Å². The second kappa shape index (κ2) is 5.15. The molecule has 1 N–H and O–H groups in total. The number of rotatable bonds is 3. The van der Waals surface area contributed by atoms with Crippen molar-refractivity contribution in [3.63, 3.8) is 0 Å². The molecule has 0 saturated heterocycles. The van der Waals surface area contributed by atoms with Crippen molar-refractivity contribution in [2.45, 2.75) is 38.0 Å². The molecule has 1 unspecified atom stereocenters. The van der Waals surface area contributed by atoms with Crippen LogP contribution < -0.4 is 0 Å². The molecule has 0 fully saturated rings. The Balaban J connectivity index is 1.77. The summed E-state index contributed by atoms with van der Waals surface area (Å²) in [5.41, 5.74) is 2.58. The van der Waals surface area contributed by atoms with Crippen molar-refractivity contribution >= 4 is 11.3 Å². The molecule has 0 radical (unpaired) electrons. The van der Waals surface area contributed by atoms with Gasteiger partial charge in [0.15, 0.2) is 0 Å². The quantitative estimate of drug-likeness (QED) is 0.859. The van der Waals surface area contributed by atoms with Gasteiger partial charge in [-0.05, 0) is 66.7 Å². The number of phenolic OH excluding ortho intramolecular Hbond substituents is 1. The minimum Gasteiger partial charge on any atom is -0.508 e. The van der Waals surface area contributed by atoms with Crippen molar-refractivity contribution in [1.29, 1.82) is 0 Å². The Morgan fingerprint density at radius 1 is 1.22 bits per heavy atom. The number of benzene rings is 1. The average Bonchev–Trinajstić information content (AvgIpc) is 2.90. The van der Waals surface area contributed by atoms with Crippen LogP contribution in [-0.4, -0.2) is 5.11 Å². The minimum absolute atomic E-state index is 0.494. The van der Waals surface area contributed by atoms with Crippen LogP contribution in [0.3, 0.4) is 0 Å². The molecule has 2 heteroatoms. The minimum atomic E-state index is 0.494. The number of hydrogen-bond donors (Lipinski definition) is 1. The van der Waals surface area contributed by atoms with Gasteiger partial charge in [0.05, 0.1) is 0 Å². The number of thiophene rings is 1. The molecule has 18 heavy (non-hydrogen) atoms. The maximum atomic E-state index is 9.93. The van der Waals surface area contributed by atoms with E-state index in [2.05, 4.69) is 23.6 Å². The van der Waals surface area contributed by atoms with E-state index in [0.717, 1.165) is 12.8 Å². The Morgan fingerprint density at radius 2 is 2.17 bits per heavy atom. The van der Waals surface area contributed by atoms with E-state index in [9.17, 15) is 5.11 Å². The fraction of sp³-hybridized carbons (Fsp3) is 0.375. The van der Waals surface area contributed by atoms with Gasteiger partial charge in [-0.2, -0.15) is 0 Å². The van der Waals surface area contributed by atoms with Crippen LogP contribution in [0.25, 0.3) is 0 Å². The molecule has 1 aliphatic carbocycles. The number of hydrogen-bond acceptors (Lipinski definition) is 2. The number of aromatic hydroxyl groups is 1. The molecule has 1 atom stereocenters. The van der Waals surface area contributed by atoms with Crippen molar-refractivity contribution < 1.29 is 5.11 Å². The third kappa shape index (κ3) is 2.30. The lowest BCUT2D eigenvalue weighted by Gasteiger charge is -2.26. The Bertz CT molecular complexity index is 516. The highest BCUT2D eigenvalue weighted by atomic mass is 32.1. The summed E-state index contributed by atoms with van der Waals surface area (Å²) < 4.78 is 0. The molecule has 2 aromatic rings. The van der Waals surface area contributed by atoms with E-state index in [-0.39, 0.29) is 0 Å². The second-order valence-electron chi connectivity index (χ2n) is 5.05. The highest BCUT2D eigenvalue weighted by Gasteiger charge is 2.21. The number of fused-ring (bicyclic) bond motifs is 1.